The van der Waals surface area contributed by atoms with Crippen LogP contribution in [0.25, 0.3) is 0 Å². The molecule has 0 aliphatic heterocycles. The highest BCUT2D eigenvalue weighted by molar-refractivity contribution is 9.09. The summed E-state index contributed by atoms with van der Waals surface area (Å²) >= 11 is 3.24. The van der Waals surface area contributed by atoms with Gasteiger partial charge in [0.15, 0.2) is 0 Å². The zero-order valence-corrected chi connectivity index (χ0v) is 10.6. The van der Waals surface area contributed by atoms with Gasteiger partial charge in [-0.2, -0.15) is 5.26 Å². The zero-order chi connectivity index (χ0) is 11.8. The summed E-state index contributed by atoms with van der Waals surface area (Å²) in [7, 11) is 0. The van der Waals surface area contributed by atoms with Crippen LogP contribution in [0.2, 0.25) is 0 Å². The van der Waals surface area contributed by atoms with Crippen LogP contribution >= 0.6 is 15.9 Å². The van der Waals surface area contributed by atoms with Crippen LogP contribution in [-0.2, 0) is 0 Å². The molecular weight excluding hydrogens is 268 g/mol. The molecule has 0 amide bonds. The number of hydrogen-bond acceptors (Lipinski definition) is 3. The van der Waals surface area contributed by atoms with Gasteiger partial charge in [0, 0.05) is 24.1 Å². The molecule has 0 spiro atoms. The van der Waals surface area contributed by atoms with E-state index in [1.807, 2.05) is 35.2 Å². The fourth-order valence-electron chi connectivity index (χ4n) is 1.45. The van der Waals surface area contributed by atoms with E-state index in [9.17, 15) is 5.11 Å². The van der Waals surface area contributed by atoms with Crippen molar-refractivity contribution in [1.29, 1.82) is 5.26 Å². The molecule has 0 saturated carbocycles. The van der Waals surface area contributed by atoms with E-state index >= 15 is 0 Å². The fraction of sp³-hybridized carbons (Fsp3) is 0.417. The van der Waals surface area contributed by atoms with Gasteiger partial charge in [0.05, 0.1) is 18.6 Å². The smallest absolute Gasteiger partial charge is 0.0811 e. The van der Waals surface area contributed by atoms with E-state index in [0.717, 1.165) is 5.69 Å². The molecule has 16 heavy (non-hydrogen) atoms. The maximum absolute atomic E-state index is 9.62. The second-order valence-corrected chi connectivity index (χ2v) is 4.15. The van der Waals surface area contributed by atoms with Gasteiger partial charge in [-0.15, -0.1) is 0 Å². The Hall–Kier alpha value is -1.05. The third-order valence-electron chi connectivity index (χ3n) is 2.22. The number of para-hydroxylation sites is 1. The molecule has 4 heteroatoms. The average molecular weight is 283 g/mol. The van der Waals surface area contributed by atoms with Gasteiger partial charge in [-0.3, -0.25) is 0 Å². The molecular formula is C12H15BrN2O. The fourth-order valence-corrected chi connectivity index (χ4v) is 1.66. The van der Waals surface area contributed by atoms with Crippen LogP contribution in [0.5, 0.6) is 0 Å². The van der Waals surface area contributed by atoms with Gasteiger partial charge in [0.2, 0.25) is 0 Å². The van der Waals surface area contributed by atoms with Gasteiger partial charge in [-0.05, 0) is 12.1 Å². The number of halogens is 1. The minimum atomic E-state index is -0.418. The lowest BCUT2D eigenvalue weighted by Gasteiger charge is -2.25. The SMILES string of the molecule is N#CCCN(CC(O)CBr)c1ccccc1. The van der Waals surface area contributed by atoms with E-state index in [1.54, 1.807) is 0 Å². The molecule has 0 aliphatic carbocycles. The van der Waals surface area contributed by atoms with Crippen molar-refractivity contribution in [3.63, 3.8) is 0 Å². The predicted octanol–water partition coefficient (Wildman–Crippen LogP) is 2.16. The minimum Gasteiger partial charge on any atom is -0.390 e. The first-order valence-electron chi connectivity index (χ1n) is 5.19. The van der Waals surface area contributed by atoms with Crippen molar-refractivity contribution in [2.24, 2.45) is 0 Å². The Morgan fingerprint density at radius 2 is 2.06 bits per heavy atom. The molecule has 1 aromatic rings. The highest BCUT2D eigenvalue weighted by Crippen LogP contribution is 2.14. The summed E-state index contributed by atoms with van der Waals surface area (Å²) in [5.74, 6) is 0. The minimum absolute atomic E-state index is 0.418. The summed E-state index contributed by atoms with van der Waals surface area (Å²) in [5.41, 5.74) is 1.04. The molecule has 0 heterocycles. The number of aliphatic hydroxyl groups is 1. The predicted molar refractivity (Wildman–Crippen MR) is 68.7 cm³/mol. The number of nitrogens with zero attached hydrogens (tertiary/aromatic N) is 2. The summed E-state index contributed by atoms with van der Waals surface area (Å²) in [4.78, 5) is 2.02. The van der Waals surface area contributed by atoms with Crippen molar-refractivity contribution in [3.8, 4) is 6.07 Å². The second-order valence-electron chi connectivity index (χ2n) is 3.50. The second kappa shape index (κ2) is 7.26. The zero-order valence-electron chi connectivity index (χ0n) is 9.01. The number of anilines is 1. The number of rotatable bonds is 6. The summed E-state index contributed by atoms with van der Waals surface area (Å²) in [5, 5.41) is 18.8. The molecule has 1 aromatic carbocycles. The van der Waals surface area contributed by atoms with Gasteiger partial charge in [0.25, 0.3) is 0 Å². The molecule has 1 unspecified atom stereocenters. The largest absolute Gasteiger partial charge is 0.390 e. The van der Waals surface area contributed by atoms with E-state index in [-0.39, 0.29) is 0 Å². The lowest BCUT2D eigenvalue weighted by molar-refractivity contribution is 0.206. The Labute approximate surface area is 104 Å². The number of hydrogen-bond donors (Lipinski definition) is 1. The van der Waals surface area contributed by atoms with Crippen molar-refractivity contribution in [2.45, 2.75) is 12.5 Å². The first kappa shape index (κ1) is 13.0. The third kappa shape index (κ3) is 4.21. The van der Waals surface area contributed by atoms with E-state index in [1.165, 1.54) is 0 Å². The summed E-state index contributed by atoms with van der Waals surface area (Å²) in [6.45, 7) is 1.18. The Morgan fingerprint density at radius 3 is 2.62 bits per heavy atom. The molecule has 1 rings (SSSR count). The first-order valence-corrected chi connectivity index (χ1v) is 6.31. The third-order valence-corrected chi connectivity index (χ3v) is 2.97. The van der Waals surface area contributed by atoms with Gasteiger partial charge in [-0.25, -0.2) is 0 Å². The molecule has 3 nitrogen and oxygen atoms in total. The highest BCUT2D eigenvalue weighted by Gasteiger charge is 2.10. The average Bonchev–Trinajstić information content (AvgIpc) is 2.35. The van der Waals surface area contributed by atoms with Crippen molar-refractivity contribution in [2.75, 3.05) is 23.3 Å². The van der Waals surface area contributed by atoms with Crippen LogP contribution in [0, 0.1) is 11.3 Å². The molecule has 0 bridgehead atoms. The van der Waals surface area contributed by atoms with Crippen LogP contribution in [0.4, 0.5) is 5.69 Å². The Kier molecular flexibility index (Phi) is 5.91. The highest BCUT2D eigenvalue weighted by atomic mass is 79.9. The molecule has 86 valence electrons. The van der Waals surface area contributed by atoms with Crippen molar-refractivity contribution in [3.05, 3.63) is 30.3 Å². The molecule has 0 aromatic heterocycles. The van der Waals surface area contributed by atoms with Crippen molar-refractivity contribution < 1.29 is 5.11 Å². The summed E-state index contributed by atoms with van der Waals surface area (Å²) in [6, 6.07) is 12.0. The maximum atomic E-state index is 9.62. The van der Waals surface area contributed by atoms with Crippen LogP contribution in [0.15, 0.2) is 30.3 Å². The number of alkyl halides is 1. The maximum Gasteiger partial charge on any atom is 0.0811 e. The number of nitriles is 1. The van der Waals surface area contributed by atoms with Gasteiger partial charge < -0.3 is 10.0 Å². The molecule has 1 atom stereocenters. The Bertz CT molecular complexity index is 337. The molecule has 0 fully saturated rings. The lowest BCUT2D eigenvalue weighted by Crippen LogP contribution is -2.34. The van der Waals surface area contributed by atoms with Crippen molar-refractivity contribution >= 4 is 21.6 Å². The van der Waals surface area contributed by atoms with Gasteiger partial charge in [-0.1, -0.05) is 34.1 Å². The number of benzene rings is 1. The van der Waals surface area contributed by atoms with Crippen molar-refractivity contribution in [1.82, 2.24) is 0 Å². The van der Waals surface area contributed by atoms with E-state index in [2.05, 4.69) is 22.0 Å². The number of aliphatic hydroxyl groups excluding tert-OH is 1. The standard InChI is InChI=1S/C12H15BrN2O/c13-9-12(16)10-15(8-4-7-14)11-5-2-1-3-6-11/h1-3,5-6,12,16H,4,8-10H2. The molecule has 1 N–H and O–H groups in total. The summed E-state index contributed by atoms with van der Waals surface area (Å²) < 4.78 is 0. The van der Waals surface area contributed by atoms with Crippen LogP contribution in [0.3, 0.4) is 0 Å². The molecule has 0 radical (unpaired) electrons. The van der Waals surface area contributed by atoms with E-state index in [0.29, 0.717) is 24.8 Å². The normalized spacial score (nSPS) is 11.8. The van der Waals surface area contributed by atoms with Crippen LogP contribution < -0.4 is 4.90 Å². The monoisotopic (exact) mass is 282 g/mol. The van der Waals surface area contributed by atoms with Gasteiger partial charge in [0.1, 0.15) is 0 Å². The summed E-state index contributed by atoms with van der Waals surface area (Å²) in [6.07, 6.45) is 0.0445. The van der Waals surface area contributed by atoms with Gasteiger partial charge >= 0.3 is 0 Å². The quantitative estimate of drug-likeness (QED) is 0.814. The Balaban J connectivity index is 2.68. The molecule has 0 aliphatic rings. The Morgan fingerprint density at radius 1 is 1.38 bits per heavy atom. The first-order chi connectivity index (χ1) is 7.77. The van der Waals surface area contributed by atoms with Crippen LogP contribution in [0.1, 0.15) is 6.42 Å². The molecule has 0 saturated heterocycles. The van der Waals surface area contributed by atoms with E-state index < -0.39 is 6.10 Å². The lowest BCUT2D eigenvalue weighted by atomic mass is 10.2. The topological polar surface area (TPSA) is 47.3 Å². The van der Waals surface area contributed by atoms with Crippen LogP contribution in [-0.4, -0.2) is 29.6 Å². The van der Waals surface area contributed by atoms with E-state index in [4.69, 9.17) is 5.26 Å².